The van der Waals surface area contributed by atoms with Gasteiger partial charge in [0.25, 0.3) is 17.7 Å². The molecule has 2 atom stereocenters. The number of cyclic esters (lactones) is 1. The van der Waals surface area contributed by atoms with Crippen molar-refractivity contribution in [3.63, 3.8) is 0 Å². The molecule has 2 heterocycles. The highest BCUT2D eigenvalue weighted by Crippen LogP contribution is 2.40. The summed E-state index contributed by atoms with van der Waals surface area (Å²) >= 11 is 0. The van der Waals surface area contributed by atoms with E-state index in [1.54, 1.807) is 67.6 Å². The standard InChI is InChI=1S/C27H28N2O5/c1-26(2,3)24-29(21(30)18-12-6-5-7-13-18)27(4,25(33)34-24)16-10-11-17-28-22(31)19-14-8-9-15-20(19)23(28)32/h5-15,24H,16-17H2,1-4H3/b11-10+. The fourth-order valence-electron chi connectivity index (χ4n) is 4.33. The molecule has 0 aliphatic carbocycles. The molecule has 7 heteroatoms. The zero-order valence-corrected chi connectivity index (χ0v) is 19.8. The van der Waals surface area contributed by atoms with E-state index < -0.39 is 23.2 Å². The normalized spacial score (nSPS) is 22.5. The molecular weight excluding hydrogens is 432 g/mol. The molecule has 1 saturated heterocycles. The Hall–Kier alpha value is -3.74. The Balaban J connectivity index is 1.55. The fourth-order valence-corrected chi connectivity index (χ4v) is 4.33. The van der Waals surface area contributed by atoms with Crippen molar-refractivity contribution in [1.82, 2.24) is 9.80 Å². The van der Waals surface area contributed by atoms with Gasteiger partial charge in [-0.15, -0.1) is 0 Å². The van der Waals surface area contributed by atoms with Crippen LogP contribution in [0.15, 0.2) is 66.7 Å². The summed E-state index contributed by atoms with van der Waals surface area (Å²) in [7, 11) is 0. The molecule has 2 aliphatic rings. The molecule has 0 saturated carbocycles. The number of hydrogen-bond acceptors (Lipinski definition) is 5. The summed E-state index contributed by atoms with van der Waals surface area (Å²) in [4.78, 5) is 54.4. The van der Waals surface area contributed by atoms with Gasteiger partial charge in [0.1, 0.15) is 5.54 Å². The molecule has 2 aromatic carbocycles. The first-order chi connectivity index (χ1) is 16.1. The molecule has 0 spiro atoms. The predicted octanol–water partition coefficient (Wildman–Crippen LogP) is 4.06. The van der Waals surface area contributed by atoms with Gasteiger partial charge in [-0.2, -0.15) is 0 Å². The van der Waals surface area contributed by atoms with Crippen LogP contribution in [-0.4, -0.2) is 51.8 Å². The lowest BCUT2D eigenvalue weighted by atomic mass is 9.89. The fraction of sp³-hybridized carbons (Fsp3) is 0.333. The van der Waals surface area contributed by atoms with E-state index in [1.165, 1.54) is 9.80 Å². The molecule has 34 heavy (non-hydrogen) atoms. The van der Waals surface area contributed by atoms with Gasteiger partial charge in [-0.1, -0.05) is 63.3 Å². The molecule has 7 nitrogen and oxygen atoms in total. The molecule has 0 aromatic heterocycles. The predicted molar refractivity (Wildman–Crippen MR) is 126 cm³/mol. The summed E-state index contributed by atoms with van der Waals surface area (Å²) in [6.45, 7) is 7.52. The van der Waals surface area contributed by atoms with Crippen LogP contribution in [0.25, 0.3) is 0 Å². The Bertz CT molecular complexity index is 1150. The van der Waals surface area contributed by atoms with Crippen LogP contribution >= 0.6 is 0 Å². The van der Waals surface area contributed by atoms with E-state index in [0.29, 0.717) is 16.7 Å². The van der Waals surface area contributed by atoms with Crippen molar-refractivity contribution in [2.45, 2.75) is 45.9 Å². The number of ether oxygens (including phenoxy) is 1. The minimum Gasteiger partial charge on any atom is -0.439 e. The third kappa shape index (κ3) is 3.91. The van der Waals surface area contributed by atoms with Gasteiger partial charge in [-0.3, -0.25) is 24.2 Å². The monoisotopic (exact) mass is 460 g/mol. The molecule has 0 N–H and O–H groups in total. The lowest BCUT2D eigenvalue weighted by Crippen LogP contribution is -2.54. The van der Waals surface area contributed by atoms with Gasteiger partial charge in [-0.05, 0) is 37.6 Å². The third-order valence-electron chi connectivity index (χ3n) is 6.25. The molecule has 0 bridgehead atoms. The average Bonchev–Trinajstić information content (AvgIpc) is 3.22. The van der Waals surface area contributed by atoms with E-state index >= 15 is 0 Å². The van der Waals surface area contributed by atoms with Crippen molar-refractivity contribution in [1.29, 1.82) is 0 Å². The largest absolute Gasteiger partial charge is 0.439 e. The lowest BCUT2D eigenvalue weighted by Gasteiger charge is -2.38. The number of nitrogens with zero attached hydrogens (tertiary/aromatic N) is 2. The maximum atomic E-state index is 13.5. The van der Waals surface area contributed by atoms with Crippen LogP contribution in [0.1, 0.15) is 65.2 Å². The lowest BCUT2D eigenvalue weighted by molar-refractivity contribution is -0.148. The van der Waals surface area contributed by atoms with Crippen LogP contribution in [0.4, 0.5) is 0 Å². The Labute approximate surface area is 199 Å². The summed E-state index contributed by atoms with van der Waals surface area (Å²) in [6.07, 6.45) is 2.85. The number of amides is 3. The highest BCUT2D eigenvalue weighted by Gasteiger charge is 2.57. The molecule has 1 fully saturated rings. The van der Waals surface area contributed by atoms with Crippen LogP contribution in [0, 0.1) is 5.41 Å². The van der Waals surface area contributed by atoms with Crippen molar-refractivity contribution in [2.75, 3.05) is 6.54 Å². The Morgan fingerprint density at radius 3 is 2.06 bits per heavy atom. The number of rotatable bonds is 5. The topological polar surface area (TPSA) is 84.0 Å². The number of carbonyl (C=O) groups is 4. The second-order valence-electron chi connectivity index (χ2n) is 9.88. The van der Waals surface area contributed by atoms with Crippen molar-refractivity contribution >= 4 is 23.7 Å². The van der Waals surface area contributed by atoms with Crippen LogP contribution < -0.4 is 0 Å². The highest BCUT2D eigenvalue weighted by molar-refractivity contribution is 6.21. The average molecular weight is 461 g/mol. The number of esters is 1. The van der Waals surface area contributed by atoms with Crippen LogP contribution in [0.2, 0.25) is 0 Å². The van der Waals surface area contributed by atoms with Crippen LogP contribution in [-0.2, 0) is 9.53 Å². The van der Waals surface area contributed by atoms with Gasteiger partial charge >= 0.3 is 5.97 Å². The second kappa shape index (κ2) is 8.56. The van der Waals surface area contributed by atoms with Crippen molar-refractivity contribution in [3.05, 3.63) is 83.4 Å². The van der Waals surface area contributed by atoms with Gasteiger partial charge in [0.2, 0.25) is 0 Å². The van der Waals surface area contributed by atoms with Gasteiger partial charge < -0.3 is 4.74 Å². The summed E-state index contributed by atoms with van der Waals surface area (Å²) in [5.41, 5.74) is -0.485. The van der Waals surface area contributed by atoms with E-state index in [4.69, 9.17) is 4.74 Å². The van der Waals surface area contributed by atoms with Crippen LogP contribution in [0.3, 0.4) is 0 Å². The van der Waals surface area contributed by atoms with Gasteiger partial charge in [0.05, 0.1) is 11.1 Å². The molecule has 2 unspecified atom stereocenters. The quantitative estimate of drug-likeness (QED) is 0.382. The summed E-state index contributed by atoms with van der Waals surface area (Å²) < 4.78 is 5.72. The van der Waals surface area contributed by atoms with Crippen LogP contribution in [0.5, 0.6) is 0 Å². The summed E-state index contributed by atoms with van der Waals surface area (Å²) in [5, 5.41) is 0. The van der Waals surface area contributed by atoms with Crippen molar-refractivity contribution in [2.24, 2.45) is 5.41 Å². The summed E-state index contributed by atoms with van der Waals surface area (Å²) in [5.74, 6) is -1.46. The Morgan fingerprint density at radius 1 is 0.941 bits per heavy atom. The Morgan fingerprint density at radius 2 is 1.50 bits per heavy atom. The van der Waals surface area contributed by atoms with E-state index in [0.717, 1.165) is 0 Å². The third-order valence-corrected chi connectivity index (χ3v) is 6.25. The minimum absolute atomic E-state index is 0.0762. The van der Waals surface area contributed by atoms with Gasteiger partial charge in [0.15, 0.2) is 6.23 Å². The van der Waals surface area contributed by atoms with E-state index in [2.05, 4.69) is 0 Å². The summed E-state index contributed by atoms with van der Waals surface area (Å²) in [6, 6.07) is 15.5. The van der Waals surface area contributed by atoms with Gasteiger partial charge in [-0.25, -0.2) is 4.79 Å². The minimum atomic E-state index is -1.23. The second-order valence-corrected chi connectivity index (χ2v) is 9.88. The van der Waals surface area contributed by atoms with Gasteiger partial charge in [0, 0.05) is 17.5 Å². The SMILES string of the molecule is CC(C)(C)C1OC(=O)C(C)(C/C=C/CN2C(=O)c3ccccc3C2=O)N1C(=O)c1ccccc1. The molecule has 3 amide bonds. The van der Waals surface area contributed by atoms with E-state index in [1.807, 2.05) is 26.8 Å². The number of fused-ring (bicyclic) bond motifs is 1. The van der Waals surface area contributed by atoms with E-state index in [-0.39, 0.29) is 30.7 Å². The number of benzene rings is 2. The highest BCUT2D eigenvalue weighted by atomic mass is 16.6. The maximum absolute atomic E-state index is 13.5. The Kier molecular flexibility index (Phi) is 5.89. The molecule has 2 aromatic rings. The number of imide groups is 1. The molecule has 0 radical (unpaired) electrons. The first-order valence-electron chi connectivity index (χ1n) is 11.3. The van der Waals surface area contributed by atoms with E-state index in [9.17, 15) is 19.2 Å². The zero-order chi connectivity index (χ0) is 24.7. The zero-order valence-electron chi connectivity index (χ0n) is 19.8. The first kappa shape index (κ1) is 23.4. The molecule has 2 aliphatic heterocycles. The molecule has 176 valence electrons. The smallest absolute Gasteiger partial charge is 0.334 e. The van der Waals surface area contributed by atoms with Crippen molar-refractivity contribution in [3.8, 4) is 0 Å². The number of carbonyl (C=O) groups excluding carboxylic acids is 4. The first-order valence-corrected chi connectivity index (χ1v) is 11.3. The maximum Gasteiger partial charge on any atom is 0.334 e. The molecular formula is C27H28N2O5. The number of hydrogen-bond donors (Lipinski definition) is 0. The van der Waals surface area contributed by atoms with Crippen molar-refractivity contribution < 1.29 is 23.9 Å². The molecule has 4 rings (SSSR count).